The maximum atomic E-state index is 11.9. The van der Waals surface area contributed by atoms with Crippen molar-refractivity contribution in [3.63, 3.8) is 0 Å². The summed E-state index contributed by atoms with van der Waals surface area (Å²) < 4.78 is 15.7. The van der Waals surface area contributed by atoms with Gasteiger partial charge in [-0.05, 0) is 29.6 Å². The molecule has 0 aliphatic rings. The second-order valence-corrected chi connectivity index (χ2v) is 6.01. The van der Waals surface area contributed by atoms with E-state index in [0.717, 1.165) is 5.56 Å². The fourth-order valence-corrected chi connectivity index (χ4v) is 2.87. The van der Waals surface area contributed by atoms with Crippen LogP contribution in [0.4, 0.5) is 0 Å². The molecule has 0 bridgehead atoms. The van der Waals surface area contributed by atoms with Crippen LogP contribution in [0.15, 0.2) is 40.2 Å². The average Bonchev–Trinajstić information content (AvgIpc) is 3.33. The molecule has 0 fully saturated rings. The number of thiophene rings is 1. The molecular weight excluding hydrogens is 342 g/mol. The van der Waals surface area contributed by atoms with E-state index in [1.165, 1.54) is 11.3 Å². The molecule has 0 spiro atoms. The monoisotopic (exact) mass is 359 g/mol. The Balaban J connectivity index is 1.61. The first-order valence-electron chi connectivity index (χ1n) is 7.58. The third kappa shape index (κ3) is 3.97. The third-order valence-electron chi connectivity index (χ3n) is 3.48. The van der Waals surface area contributed by atoms with Gasteiger partial charge in [-0.3, -0.25) is 4.79 Å². The van der Waals surface area contributed by atoms with E-state index in [2.05, 4.69) is 15.5 Å². The van der Waals surface area contributed by atoms with E-state index in [4.69, 9.17) is 14.0 Å². The van der Waals surface area contributed by atoms with E-state index in [1.807, 2.05) is 17.5 Å². The lowest BCUT2D eigenvalue weighted by Crippen LogP contribution is -2.24. The van der Waals surface area contributed by atoms with Crippen molar-refractivity contribution in [2.24, 2.45) is 0 Å². The van der Waals surface area contributed by atoms with Gasteiger partial charge >= 0.3 is 0 Å². The summed E-state index contributed by atoms with van der Waals surface area (Å²) in [6, 6.07) is 9.01. The number of carbonyl (C=O) groups is 1. The van der Waals surface area contributed by atoms with Gasteiger partial charge in [-0.2, -0.15) is 4.98 Å². The van der Waals surface area contributed by atoms with Crippen molar-refractivity contribution in [3.05, 3.63) is 46.5 Å². The highest BCUT2D eigenvalue weighted by atomic mass is 32.1. The normalized spacial score (nSPS) is 10.5. The Kier molecular flexibility index (Phi) is 5.30. The summed E-state index contributed by atoms with van der Waals surface area (Å²) in [7, 11) is 3.15. The van der Waals surface area contributed by atoms with Crippen molar-refractivity contribution in [1.82, 2.24) is 15.5 Å². The van der Waals surface area contributed by atoms with Crippen molar-refractivity contribution >= 4 is 17.2 Å². The SMILES string of the molecule is COc1ccc(-c2noc(CCNC(=O)c3cccs3)n2)cc1OC. The summed E-state index contributed by atoms with van der Waals surface area (Å²) >= 11 is 1.40. The van der Waals surface area contributed by atoms with Gasteiger partial charge in [-0.15, -0.1) is 11.3 Å². The van der Waals surface area contributed by atoms with Crippen molar-refractivity contribution < 1.29 is 18.8 Å². The van der Waals surface area contributed by atoms with Crippen LogP contribution in [0, 0.1) is 0 Å². The number of nitrogens with zero attached hydrogens (tertiary/aromatic N) is 2. The number of rotatable bonds is 7. The highest BCUT2D eigenvalue weighted by molar-refractivity contribution is 7.12. The number of nitrogens with one attached hydrogen (secondary N) is 1. The van der Waals surface area contributed by atoms with Gasteiger partial charge in [-0.1, -0.05) is 11.2 Å². The molecule has 2 aromatic heterocycles. The lowest BCUT2D eigenvalue weighted by atomic mass is 10.2. The molecule has 0 unspecified atom stereocenters. The molecule has 0 aliphatic carbocycles. The lowest BCUT2D eigenvalue weighted by Gasteiger charge is -2.07. The summed E-state index contributed by atoms with van der Waals surface area (Å²) in [5, 5.41) is 8.66. The van der Waals surface area contributed by atoms with E-state index < -0.39 is 0 Å². The molecule has 2 heterocycles. The smallest absolute Gasteiger partial charge is 0.261 e. The van der Waals surface area contributed by atoms with Gasteiger partial charge < -0.3 is 19.3 Å². The van der Waals surface area contributed by atoms with E-state index in [1.54, 1.807) is 32.4 Å². The number of hydrogen-bond donors (Lipinski definition) is 1. The number of methoxy groups -OCH3 is 2. The minimum atomic E-state index is -0.102. The molecule has 3 aromatic rings. The summed E-state index contributed by atoms with van der Waals surface area (Å²) in [6.07, 6.45) is 0.456. The molecular formula is C17H17N3O4S. The number of ether oxygens (including phenoxy) is 2. The topological polar surface area (TPSA) is 86.5 Å². The maximum absolute atomic E-state index is 11.9. The van der Waals surface area contributed by atoms with Crippen LogP contribution in [0.1, 0.15) is 15.6 Å². The molecule has 7 nitrogen and oxygen atoms in total. The predicted octanol–water partition coefficient (Wildman–Crippen LogP) is 2.79. The van der Waals surface area contributed by atoms with Gasteiger partial charge in [0.2, 0.25) is 11.7 Å². The number of amides is 1. The Morgan fingerprint density at radius 2 is 2.08 bits per heavy atom. The molecule has 25 heavy (non-hydrogen) atoms. The summed E-state index contributed by atoms with van der Waals surface area (Å²) in [6.45, 7) is 0.421. The van der Waals surface area contributed by atoms with Gasteiger partial charge in [0.25, 0.3) is 5.91 Å². The third-order valence-corrected chi connectivity index (χ3v) is 4.35. The first kappa shape index (κ1) is 17.0. The van der Waals surface area contributed by atoms with E-state index in [9.17, 15) is 4.79 Å². The molecule has 1 N–H and O–H groups in total. The Labute approximate surface area is 148 Å². The Hall–Kier alpha value is -2.87. The molecule has 0 saturated carbocycles. The first-order chi connectivity index (χ1) is 12.2. The summed E-state index contributed by atoms with van der Waals surface area (Å²) in [5.41, 5.74) is 0.760. The zero-order valence-corrected chi connectivity index (χ0v) is 14.6. The quantitative estimate of drug-likeness (QED) is 0.698. The molecule has 1 aromatic carbocycles. The molecule has 130 valence electrons. The second-order valence-electron chi connectivity index (χ2n) is 5.06. The minimum absolute atomic E-state index is 0.102. The molecule has 0 saturated heterocycles. The zero-order chi connectivity index (χ0) is 17.6. The molecule has 3 rings (SSSR count). The highest BCUT2D eigenvalue weighted by Crippen LogP contribution is 2.31. The summed E-state index contributed by atoms with van der Waals surface area (Å²) in [5.74, 6) is 2.03. The van der Waals surface area contributed by atoms with Gasteiger partial charge in [-0.25, -0.2) is 0 Å². The standard InChI is InChI=1S/C17H17N3O4S/c1-22-12-6-5-11(10-13(12)23-2)16-19-15(24-20-16)7-8-18-17(21)14-4-3-9-25-14/h3-6,9-10H,7-8H2,1-2H3,(H,18,21). The lowest BCUT2D eigenvalue weighted by molar-refractivity contribution is 0.0957. The van der Waals surface area contributed by atoms with Crippen LogP contribution >= 0.6 is 11.3 Å². The van der Waals surface area contributed by atoms with Gasteiger partial charge in [0.1, 0.15) is 0 Å². The van der Waals surface area contributed by atoms with Crippen molar-refractivity contribution in [2.75, 3.05) is 20.8 Å². The summed E-state index contributed by atoms with van der Waals surface area (Å²) in [4.78, 5) is 16.9. The first-order valence-corrected chi connectivity index (χ1v) is 8.46. The Morgan fingerprint density at radius 1 is 1.24 bits per heavy atom. The van der Waals surface area contributed by atoms with Gasteiger partial charge in [0.15, 0.2) is 11.5 Å². The zero-order valence-electron chi connectivity index (χ0n) is 13.8. The molecule has 0 aliphatic heterocycles. The highest BCUT2D eigenvalue weighted by Gasteiger charge is 2.12. The number of hydrogen-bond acceptors (Lipinski definition) is 7. The number of benzene rings is 1. The van der Waals surface area contributed by atoms with Crippen molar-refractivity contribution in [1.29, 1.82) is 0 Å². The maximum Gasteiger partial charge on any atom is 0.261 e. The van der Waals surface area contributed by atoms with Crippen LogP contribution in [0.3, 0.4) is 0 Å². The van der Waals surface area contributed by atoms with Crippen LogP contribution in [-0.2, 0) is 6.42 Å². The largest absolute Gasteiger partial charge is 0.493 e. The average molecular weight is 359 g/mol. The molecule has 8 heteroatoms. The van der Waals surface area contributed by atoms with Crippen LogP contribution in [0.5, 0.6) is 11.5 Å². The Morgan fingerprint density at radius 3 is 2.80 bits per heavy atom. The second kappa shape index (κ2) is 7.80. The fourth-order valence-electron chi connectivity index (χ4n) is 2.23. The van der Waals surface area contributed by atoms with Crippen LogP contribution in [0.2, 0.25) is 0 Å². The van der Waals surface area contributed by atoms with E-state index in [0.29, 0.717) is 41.1 Å². The van der Waals surface area contributed by atoms with Crippen LogP contribution in [-0.4, -0.2) is 36.8 Å². The Bertz CT molecular complexity index is 845. The van der Waals surface area contributed by atoms with Crippen LogP contribution in [0.25, 0.3) is 11.4 Å². The van der Waals surface area contributed by atoms with E-state index in [-0.39, 0.29) is 5.91 Å². The van der Waals surface area contributed by atoms with Crippen molar-refractivity contribution in [2.45, 2.75) is 6.42 Å². The molecule has 0 radical (unpaired) electrons. The predicted molar refractivity (Wildman–Crippen MR) is 93.2 cm³/mol. The van der Waals surface area contributed by atoms with E-state index >= 15 is 0 Å². The fraction of sp³-hybridized carbons (Fsp3) is 0.235. The van der Waals surface area contributed by atoms with Crippen molar-refractivity contribution in [3.8, 4) is 22.9 Å². The van der Waals surface area contributed by atoms with Gasteiger partial charge in [0.05, 0.1) is 19.1 Å². The minimum Gasteiger partial charge on any atom is -0.493 e. The van der Waals surface area contributed by atoms with Gasteiger partial charge in [0, 0.05) is 18.5 Å². The van der Waals surface area contributed by atoms with Crippen LogP contribution < -0.4 is 14.8 Å². The number of aromatic nitrogens is 2. The number of carbonyl (C=O) groups excluding carboxylic acids is 1. The molecule has 1 amide bonds. The molecule has 0 atom stereocenters.